The van der Waals surface area contributed by atoms with Crippen molar-refractivity contribution in [3.05, 3.63) is 66.5 Å². The highest BCUT2D eigenvalue weighted by Crippen LogP contribution is 2.23. The van der Waals surface area contributed by atoms with Crippen molar-refractivity contribution in [1.29, 1.82) is 0 Å². The average Bonchev–Trinajstić information content (AvgIpc) is 2.74. The summed E-state index contributed by atoms with van der Waals surface area (Å²) in [6, 6.07) is 16.2. The van der Waals surface area contributed by atoms with E-state index in [-0.39, 0.29) is 0 Å². The number of anilines is 2. The molecule has 3 heterocycles. The van der Waals surface area contributed by atoms with Gasteiger partial charge in [0, 0.05) is 56.7 Å². The van der Waals surface area contributed by atoms with E-state index in [4.69, 9.17) is 9.97 Å². The van der Waals surface area contributed by atoms with Crippen LogP contribution in [-0.2, 0) is 6.54 Å². The molecule has 1 saturated heterocycles. The highest BCUT2D eigenvalue weighted by molar-refractivity contribution is 5.62. The van der Waals surface area contributed by atoms with Gasteiger partial charge in [0.25, 0.3) is 0 Å². The Bertz CT molecular complexity index is 860. The van der Waals surface area contributed by atoms with E-state index in [0.717, 1.165) is 54.8 Å². The van der Waals surface area contributed by atoms with Crippen molar-refractivity contribution in [2.24, 2.45) is 0 Å². The van der Waals surface area contributed by atoms with E-state index in [1.165, 1.54) is 0 Å². The molecule has 1 aromatic carbocycles. The molecule has 0 amide bonds. The highest BCUT2D eigenvalue weighted by Gasteiger charge is 2.17. The summed E-state index contributed by atoms with van der Waals surface area (Å²) in [6.45, 7) is 4.72. The van der Waals surface area contributed by atoms with Crippen molar-refractivity contribution >= 4 is 11.6 Å². The van der Waals surface area contributed by atoms with Gasteiger partial charge in [0.05, 0.1) is 0 Å². The third-order valence-electron chi connectivity index (χ3n) is 4.77. The molecule has 0 spiro atoms. The van der Waals surface area contributed by atoms with Crippen molar-refractivity contribution in [2.45, 2.75) is 6.54 Å². The van der Waals surface area contributed by atoms with Crippen LogP contribution in [-0.4, -0.2) is 53.1 Å². The SMILES string of the molecule is CN1CCN(c2cc(NCc3cccnc3)nc(-c3ccccc3)n2)CC1. The molecule has 0 radical (unpaired) electrons. The minimum Gasteiger partial charge on any atom is -0.366 e. The Labute approximate surface area is 159 Å². The van der Waals surface area contributed by atoms with Gasteiger partial charge in [-0.1, -0.05) is 36.4 Å². The minimum atomic E-state index is 0.682. The van der Waals surface area contributed by atoms with Gasteiger partial charge in [-0.25, -0.2) is 9.97 Å². The van der Waals surface area contributed by atoms with Crippen molar-refractivity contribution in [2.75, 3.05) is 43.4 Å². The summed E-state index contributed by atoms with van der Waals surface area (Å²) in [7, 11) is 2.16. The van der Waals surface area contributed by atoms with E-state index in [2.05, 4.69) is 33.2 Å². The minimum absolute atomic E-state index is 0.682. The number of piperazine rings is 1. The largest absolute Gasteiger partial charge is 0.366 e. The summed E-state index contributed by atoms with van der Waals surface area (Å²) in [5, 5.41) is 3.43. The summed E-state index contributed by atoms with van der Waals surface area (Å²) in [5.41, 5.74) is 2.15. The highest BCUT2D eigenvalue weighted by atomic mass is 15.3. The first-order valence-corrected chi connectivity index (χ1v) is 9.29. The van der Waals surface area contributed by atoms with Gasteiger partial charge in [0.1, 0.15) is 11.6 Å². The zero-order valence-corrected chi connectivity index (χ0v) is 15.5. The molecule has 138 valence electrons. The maximum Gasteiger partial charge on any atom is 0.163 e. The van der Waals surface area contributed by atoms with Crippen LogP contribution in [0.5, 0.6) is 0 Å². The third-order valence-corrected chi connectivity index (χ3v) is 4.77. The molecule has 0 bridgehead atoms. The molecule has 3 aromatic rings. The van der Waals surface area contributed by atoms with Crippen LogP contribution in [0.2, 0.25) is 0 Å². The summed E-state index contributed by atoms with van der Waals surface area (Å²) in [6.07, 6.45) is 3.65. The van der Waals surface area contributed by atoms with Gasteiger partial charge < -0.3 is 15.1 Å². The Morgan fingerprint density at radius 3 is 2.52 bits per heavy atom. The Kier molecular flexibility index (Phi) is 5.25. The van der Waals surface area contributed by atoms with Gasteiger partial charge in [-0.3, -0.25) is 4.98 Å². The molecule has 2 aromatic heterocycles. The molecular formula is C21H24N6. The first-order chi connectivity index (χ1) is 13.3. The number of nitrogens with zero attached hydrogens (tertiary/aromatic N) is 5. The van der Waals surface area contributed by atoms with E-state index >= 15 is 0 Å². The van der Waals surface area contributed by atoms with E-state index < -0.39 is 0 Å². The Hall–Kier alpha value is -2.99. The lowest BCUT2D eigenvalue weighted by Crippen LogP contribution is -2.44. The lowest BCUT2D eigenvalue weighted by molar-refractivity contribution is 0.312. The molecule has 0 unspecified atom stereocenters. The van der Waals surface area contributed by atoms with Crippen molar-refractivity contribution in [3.63, 3.8) is 0 Å². The van der Waals surface area contributed by atoms with Crippen LogP contribution in [0.15, 0.2) is 60.9 Å². The predicted molar refractivity (Wildman–Crippen MR) is 109 cm³/mol. The average molecular weight is 360 g/mol. The molecule has 1 aliphatic rings. The number of hydrogen-bond acceptors (Lipinski definition) is 6. The lowest BCUT2D eigenvalue weighted by Gasteiger charge is -2.33. The standard InChI is InChI=1S/C21H24N6/c1-26-10-12-27(13-11-26)20-14-19(23-16-17-6-5-9-22-15-17)24-21(25-20)18-7-3-2-4-8-18/h2-9,14-15H,10-13,16H2,1H3,(H,23,24,25). The monoisotopic (exact) mass is 360 g/mol. The number of aromatic nitrogens is 3. The molecule has 0 saturated carbocycles. The quantitative estimate of drug-likeness (QED) is 0.755. The Morgan fingerprint density at radius 1 is 0.963 bits per heavy atom. The molecule has 6 nitrogen and oxygen atoms in total. The number of nitrogens with one attached hydrogen (secondary N) is 1. The van der Waals surface area contributed by atoms with E-state index in [0.29, 0.717) is 6.54 Å². The number of hydrogen-bond donors (Lipinski definition) is 1. The first-order valence-electron chi connectivity index (χ1n) is 9.29. The van der Waals surface area contributed by atoms with Gasteiger partial charge in [0.15, 0.2) is 5.82 Å². The van der Waals surface area contributed by atoms with Crippen LogP contribution in [0, 0.1) is 0 Å². The topological polar surface area (TPSA) is 57.2 Å². The van der Waals surface area contributed by atoms with Gasteiger partial charge in [-0.2, -0.15) is 0 Å². The zero-order valence-electron chi connectivity index (χ0n) is 15.5. The van der Waals surface area contributed by atoms with E-state index in [1.54, 1.807) is 6.20 Å². The number of benzene rings is 1. The first kappa shape index (κ1) is 17.4. The summed E-state index contributed by atoms with van der Waals surface area (Å²) in [4.78, 5) is 18.5. The summed E-state index contributed by atoms with van der Waals surface area (Å²) >= 11 is 0. The second-order valence-corrected chi connectivity index (χ2v) is 6.81. The summed E-state index contributed by atoms with van der Waals surface area (Å²) < 4.78 is 0. The number of rotatable bonds is 5. The van der Waals surface area contributed by atoms with Gasteiger partial charge in [0.2, 0.25) is 0 Å². The second-order valence-electron chi connectivity index (χ2n) is 6.81. The lowest BCUT2D eigenvalue weighted by atomic mass is 10.2. The van der Waals surface area contributed by atoms with E-state index in [9.17, 15) is 0 Å². The number of likely N-dealkylation sites (N-methyl/N-ethyl adjacent to an activating group) is 1. The zero-order chi connectivity index (χ0) is 18.5. The van der Waals surface area contributed by atoms with E-state index in [1.807, 2.05) is 48.7 Å². The van der Waals surface area contributed by atoms with Gasteiger partial charge in [-0.05, 0) is 18.7 Å². The van der Waals surface area contributed by atoms with Crippen LogP contribution < -0.4 is 10.2 Å². The molecule has 0 aliphatic carbocycles. The maximum atomic E-state index is 4.85. The predicted octanol–water partition coefficient (Wildman–Crippen LogP) is 2.90. The fraction of sp³-hybridized carbons (Fsp3) is 0.286. The molecule has 27 heavy (non-hydrogen) atoms. The molecule has 1 N–H and O–H groups in total. The van der Waals surface area contributed by atoms with Crippen LogP contribution >= 0.6 is 0 Å². The molecule has 6 heteroatoms. The molecule has 1 fully saturated rings. The van der Waals surface area contributed by atoms with Crippen molar-refractivity contribution in [3.8, 4) is 11.4 Å². The van der Waals surface area contributed by atoms with Crippen LogP contribution in [0.1, 0.15) is 5.56 Å². The van der Waals surface area contributed by atoms with Crippen LogP contribution in [0.3, 0.4) is 0 Å². The fourth-order valence-corrected chi connectivity index (χ4v) is 3.13. The molecule has 1 aliphatic heterocycles. The molecule has 0 atom stereocenters. The Morgan fingerprint density at radius 2 is 1.78 bits per heavy atom. The van der Waals surface area contributed by atoms with Crippen molar-refractivity contribution in [1.82, 2.24) is 19.9 Å². The second kappa shape index (κ2) is 8.14. The molecule has 4 rings (SSSR count). The maximum absolute atomic E-state index is 4.85. The van der Waals surface area contributed by atoms with Crippen LogP contribution in [0.25, 0.3) is 11.4 Å². The van der Waals surface area contributed by atoms with Crippen LogP contribution in [0.4, 0.5) is 11.6 Å². The summed E-state index contributed by atoms with van der Waals surface area (Å²) in [5.74, 6) is 2.56. The normalized spacial score (nSPS) is 14.9. The third kappa shape index (κ3) is 4.41. The Balaban J connectivity index is 1.62. The number of pyridine rings is 1. The van der Waals surface area contributed by atoms with Gasteiger partial charge in [-0.15, -0.1) is 0 Å². The van der Waals surface area contributed by atoms with Crippen molar-refractivity contribution < 1.29 is 0 Å². The van der Waals surface area contributed by atoms with Gasteiger partial charge >= 0.3 is 0 Å². The fourth-order valence-electron chi connectivity index (χ4n) is 3.13. The smallest absolute Gasteiger partial charge is 0.163 e. The molecular weight excluding hydrogens is 336 g/mol.